The molecule has 0 bridgehead atoms. The predicted molar refractivity (Wildman–Crippen MR) is 139 cm³/mol. The molecule has 3 N–H and O–H groups in total. The molecule has 0 saturated heterocycles. The summed E-state index contributed by atoms with van der Waals surface area (Å²) in [7, 11) is 0. The van der Waals surface area contributed by atoms with Crippen molar-refractivity contribution in [2.24, 2.45) is 0 Å². The van der Waals surface area contributed by atoms with E-state index in [9.17, 15) is 9.18 Å². The van der Waals surface area contributed by atoms with Gasteiger partial charge in [-0.15, -0.1) is 0 Å². The van der Waals surface area contributed by atoms with E-state index in [0.717, 1.165) is 36.2 Å². The fourth-order valence-electron chi connectivity index (χ4n) is 3.47. The van der Waals surface area contributed by atoms with Gasteiger partial charge in [-0.1, -0.05) is 32.1 Å². The van der Waals surface area contributed by atoms with Crippen molar-refractivity contribution in [3.05, 3.63) is 72.2 Å². The first-order valence-corrected chi connectivity index (χ1v) is 11.4. The van der Waals surface area contributed by atoms with Crippen molar-refractivity contribution >= 4 is 29.8 Å². The Morgan fingerprint density at radius 1 is 1.20 bits per heavy atom. The number of unbranched alkanes of at least 4 members (excludes halogenated alkanes) is 1. The summed E-state index contributed by atoms with van der Waals surface area (Å²) < 4.78 is 15.3. The van der Waals surface area contributed by atoms with Crippen LogP contribution in [-0.4, -0.2) is 33.8 Å². The summed E-state index contributed by atoms with van der Waals surface area (Å²) in [6, 6.07) is 11.8. The van der Waals surface area contributed by atoms with Crippen LogP contribution in [0.25, 0.3) is 17.3 Å². The van der Waals surface area contributed by atoms with Crippen LogP contribution in [0.4, 0.5) is 15.8 Å². The number of anilines is 2. The lowest BCUT2D eigenvalue weighted by Gasteiger charge is -2.23. The lowest BCUT2D eigenvalue weighted by atomic mass is 10.0. The monoisotopic (exact) mass is 480 g/mol. The molecular weight excluding hydrogens is 447 g/mol. The highest BCUT2D eigenvalue weighted by atomic mass is 19.1. The Morgan fingerprint density at radius 3 is 2.43 bits per heavy atom. The van der Waals surface area contributed by atoms with Gasteiger partial charge in [-0.05, 0) is 69.2 Å². The molecule has 2 aromatic carbocycles. The van der Waals surface area contributed by atoms with Gasteiger partial charge in [0.15, 0.2) is 0 Å². The van der Waals surface area contributed by atoms with Crippen LogP contribution in [0.5, 0.6) is 0 Å². The third-order valence-electron chi connectivity index (χ3n) is 5.14. The van der Waals surface area contributed by atoms with Crippen LogP contribution in [0.2, 0.25) is 0 Å². The number of carboxylic acid groups (broad SMARTS) is 1. The molecule has 0 aliphatic heterocycles. The molecule has 1 amide bonds. The molecule has 7 nitrogen and oxygen atoms in total. The van der Waals surface area contributed by atoms with Crippen molar-refractivity contribution in [1.82, 2.24) is 9.78 Å². The second kappa shape index (κ2) is 12.5. The van der Waals surface area contributed by atoms with Crippen LogP contribution in [0.15, 0.2) is 55.2 Å². The first-order valence-electron chi connectivity index (χ1n) is 11.4. The molecule has 0 aliphatic rings. The highest BCUT2D eigenvalue weighted by molar-refractivity contribution is 6.08. The van der Waals surface area contributed by atoms with E-state index in [0.29, 0.717) is 16.9 Å². The van der Waals surface area contributed by atoms with E-state index in [-0.39, 0.29) is 23.7 Å². The number of hydrogen-bond acceptors (Lipinski definition) is 4. The number of benzene rings is 2. The van der Waals surface area contributed by atoms with Gasteiger partial charge in [0.2, 0.25) is 0 Å². The molecule has 0 aliphatic carbocycles. The second-order valence-electron chi connectivity index (χ2n) is 8.84. The third kappa shape index (κ3) is 7.27. The summed E-state index contributed by atoms with van der Waals surface area (Å²) in [4.78, 5) is 21.6. The number of hydrogen-bond donors (Lipinski definition) is 3. The highest BCUT2D eigenvalue weighted by Crippen LogP contribution is 2.30. The Bertz CT molecular complexity index is 1150. The second-order valence-corrected chi connectivity index (χ2v) is 8.84. The maximum Gasteiger partial charge on any atom is 0.290 e. The molecule has 1 aromatic heterocycles. The zero-order valence-electron chi connectivity index (χ0n) is 20.6. The Morgan fingerprint density at radius 2 is 1.86 bits per heavy atom. The molecule has 3 rings (SSSR count). The molecule has 0 spiro atoms. The Hall–Kier alpha value is -3.94. The topological polar surface area (TPSA) is 96.3 Å². The van der Waals surface area contributed by atoms with Crippen molar-refractivity contribution in [3.8, 4) is 11.3 Å². The van der Waals surface area contributed by atoms with Gasteiger partial charge >= 0.3 is 0 Å². The summed E-state index contributed by atoms with van der Waals surface area (Å²) in [5.41, 5.74) is 4.03. The summed E-state index contributed by atoms with van der Waals surface area (Å²) in [5.74, 6) is -0.599. The highest BCUT2D eigenvalue weighted by Gasteiger charge is 2.25. The van der Waals surface area contributed by atoms with Crippen LogP contribution in [-0.2, 0) is 10.3 Å². The number of aromatic nitrogens is 2. The van der Waals surface area contributed by atoms with Gasteiger partial charge in [-0.2, -0.15) is 5.10 Å². The van der Waals surface area contributed by atoms with Crippen molar-refractivity contribution in [2.45, 2.75) is 46.1 Å². The Balaban J connectivity index is 0.00000137. The van der Waals surface area contributed by atoms with Crippen LogP contribution < -0.4 is 10.6 Å². The minimum atomic E-state index is -0.357. The number of amides is 1. The maximum atomic E-state index is 13.5. The number of rotatable bonds is 8. The fraction of sp³-hybridized carbons (Fsp3) is 0.296. The van der Waals surface area contributed by atoms with Crippen LogP contribution >= 0.6 is 0 Å². The fourth-order valence-corrected chi connectivity index (χ4v) is 3.47. The minimum absolute atomic E-state index is 0.250. The van der Waals surface area contributed by atoms with Gasteiger partial charge in [0.25, 0.3) is 12.4 Å². The van der Waals surface area contributed by atoms with E-state index in [1.54, 1.807) is 29.1 Å². The van der Waals surface area contributed by atoms with Crippen LogP contribution in [0.1, 0.15) is 56.5 Å². The van der Waals surface area contributed by atoms with Crippen molar-refractivity contribution in [2.75, 3.05) is 17.2 Å². The molecule has 8 heteroatoms. The number of nitrogens with zero attached hydrogens (tertiary/aromatic N) is 2. The van der Waals surface area contributed by atoms with E-state index < -0.39 is 0 Å². The zero-order chi connectivity index (χ0) is 26.0. The van der Waals surface area contributed by atoms with Crippen molar-refractivity contribution in [3.63, 3.8) is 0 Å². The molecule has 0 radical (unpaired) electrons. The predicted octanol–water partition coefficient (Wildman–Crippen LogP) is 6.25. The standard InChI is InChI=1S/C26H31FN4O.CH2O2/c1-6-8-15-28-23-16-21(14-11-18(23)7-2)30-25(32)22-17-29-31(26(3,4)5)24(22)19-9-12-20(27)13-10-19;2-1-3/h7,9-14,16-17,28H,2,6,8,15H2,1,3-5H3,(H,30,32);1H,(H,2,3). The first kappa shape index (κ1) is 27.3. The van der Waals surface area contributed by atoms with Crippen LogP contribution in [0.3, 0.4) is 0 Å². The minimum Gasteiger partial charge on any atom is -0.483 e. The lowest BCUT2D eigenvalue weighted by molar-refractivity contribution is -0.122. The van der Waals surface area contributed by atoms with E-state index in [1.807, 2.05) is 39.0 Å². The summed E-state index contributed by atoms with van der Waals surface area (Å²) in [5, 5.41) is 17.8. The number of halogens is 1. The number of nitrogens with one attached hydrogen (secondary N) is 2. The maximum absolute atomic E-state index is 13.5. The van der Waals surface area contributed by atoms with Gasteiger partial charge in [0.1, 0.15) is 5.82 Å². The van der Waals surface area contributed by atoms with E-state index in [4.69, 9.17) is 9.90 Å². The largest absolute Gasteiger partial charge is 0.483 e. The summed E-state index contributed by atoms with van der Waals surface area (Å²) in [6.07, 6.45) is 5.51. The smallest absolute Gasteiger partial charge is 0.290 e. The van der Waals surface area contributed by atoms with Gasteiger partial charge in [0, 0.05) is 23.5 Å². The number of carbonyl (C=O) groups is 2. The lowest BCUT2D eigenvalue weighted by Crippen LogP contribution is -2.24. The molecule has 0 fully saturated rings. The van der Waals surface area contributed by atoms with Gasteiger partial charge in [0.05, 0.1) is 23.0 Å². The Kier molecular flexibility index (Phi) is 9.75. The molecule has 0 saturated carbocycles. The van der Waals surface area contributed by atoms with Gasteiger partial charge in [-0.25, -0.2) is 4.39 Å². The third-order valence-corrected chi connectivity index (χ3v) is 5.14. The van der Waals surface area contributed by atoms with Crippen molar-refractivity contribution in [1.29, 1.82) is 0 Å². The average Bonchev–Trinajstić information content (AvgIpc) is 3.27. The Labute approximate surface area is 205 Å². The van der Waals surface area contributed by atoms with Crippen LogP contribution in [0, 0.1) is 5.82 Å². The number of carbonyl (C=O) groups excluding carboxylic acids is 1. The molecule has 3 aromatic rings. The zero-order valence-corrected chi connectivity index (χ0v) is 20.6. The molecule has 0 atom stereocenters. The molecule has 186 valence electrons. The molecular formula is C27H33FN4O3. The van der Waals surface area contributed by atoms with Crippen molar-refractivity contribution < 1.29 is 19.1 Å². The van der Waals surface area contributed by atoms with Gasteiger partial charge < -0.3 is 15.7 Å². The molecule has 1 heterocycles. The normalized spacial score (nSPS) is 10.7. The summed E-state index contributed by atoms with van der Waals surface area (Å²) in [6.45, 7) is 12.6. The summed E-state index contributed by atoms with van der Waals surface area (Å²) >= 11 is 0. The van der Waals surface area contributed by atoms with Gasteiger partial charge in [-0.3, -0.25) is 14.3 Å². The first-order chi connectivity index (χ1) is 16.7. The quantitative estimate of drug-likeness (QED) is 0.261. The van der Waals surface area contributed by atoms with E-state index in [2.05, 4.69) is 29.2 Å². The van der Waals surface area contributed by atoms with E-state index >= 15 is 0 Å². The molecule has 0 unspecified atom stereocenters. The molecule has 35 heavy (non-hydrogen) atoms. The SMILES string of the molecule is C=Cc1ccc(NC(=O)c2cnn(C(C)(C)C)c2-c2ccc(F)cc2)cc1NCCCC.O=CO. The van der Waals surface area contributed by atoms with E-state index in [1.165, 1.54) is 12.1 Å². The average molecular weight is 481 g/mol.